The minimum Gasteiger partial charge on any atom is -0.496 e. The molecule has 0 aliphatic heterocycles. The van der Waals surface area contributed by atoms with Crippen molar-refractivity contribution < 1.29 is 22.7 Å². The summed E-state index contributed by atoms with van der Waals surface area (Å²) in [5, 5.41) is 2.88. The second kappa shape index (κ2) is 8.88. The van der Waals surface area contributed by atoms with Gasteiger partial charge in [0.2, 0.25) is 15.9 Å². The van der Waals surface area contributed by atoms with Gasteiger partial charge in [-0.1, -0.05) is 29.8 Å². The quantitative estimate of drug-likeness (QED) is 0.708. The molecule has 0 spiro atoms. The average molecular weight is 399 g/mol. The first kappa shape index (κ1) is 20.0. The number of para-hydroxylation sites is 1. The van der Waals surface area contributed by atoms with E-state index < -0.39 is 22.5 Å². The lowest BCUT2D eigenvalue weighted by Crippen LogP contribution is -2.36. The number of benzene rings is 2. The number of rotatable bonds is 8. The molecule has 9 heteroatoms. The molecule has 1 amide bonds. The molecule has 2 aromatic carbocycles. The molecule has 0 saturated heterocycles. The second-order valence-electron chi connectivity index (χ2n) is 5.21. The molecular weight excluding hydrogens is 380 g/mol. The smallest absolute Gasteiger partial charge is 0.244 e. The van der Waals surface area contributed by atoms with Crippen LogP contribution in [0.2, 0.25) is 5.02 Å². The topological polar surface area (TPSA) is 93.7 Å². The van der Waals surface area contributed by atoms with Crippen LogP contribution in [0.25, 0.3) is 0 Å². The lowest BCUT2D eigenvalue weighted by molar-refractivity contribution is -0.120. The Kier molecular flexibility index (Phi) is 6.84. The summed E-state index contributed by atoms with van der Waals surface area (Å²) in [5.74, 6) is 0.286. The van der Waals surface area contributed by atoms with E-state index in [1.165, 1.54) is 32.4 Å². The van der Waals surface area contributed by atoms with Crippen molar-refractivity contribution in [3.05, 3.63) is 53.1 Å². The summed E-state index contributed by atoms with van der Waals surface area (Å²) in [4.78, 5) is 11.8. The Labute approximate surface area is 157 Å². The van der Waals surface area contributed by atoms with E-state index in [-0.39, 0.29) is 22.2 Å². The first-order chi connectivity index (χ1) is 12.4. The standard InChI is InChI=1S/C17H19ClN2O5S/c1-24-14-6-4-3-5-12(14)10-19-17(21)11-20-26(22,23)16-9-13(18)7-8-15(16)25-2/h3-9,20H,10-11H2,1-2H3,(H,19,21). The number of hydrogen-bond donors (Lipinski definition) is 2. The van der Waals surface area contributed by atoms with Gasteiger partial charge < -0.3 is 14.8 Å². The van der Waals surface area contributed by atoms with Gasteiger partial charge in [0.1, 0.15) is 16.4 Å². The predicted octanol–water partition coefficient (Wildman–Crippen LogP) is 1.95. The van der Waals surface area contributed by atoms with Gasteiger partial charge in [0.05, 0.1) is 20.8 Å². The van der Waals surface area contributed by atoms with Crippen molar-refractivity contribution in [1.29, 1.82) is 0 Å². The van der Waals surface area contributed by atoms with Crippen LogP contribution in [0.15, 0.2) is 47.4 Å². The highest BCUT2D eigenvalue weighted by molar-refractivity contribution is 7.89. The third kappa shape index (κ3) is 5.10. The molecule has 2 aromatic rings. The molecule has 0 aliphatic carbocycles. The van der Waals surface area contributed by atoms with E-state index in [4.69, 9.17) is 21.1 Å². The highest BCUT2D eigenvalue weighted by Crippen LogP contribution is 2.26. The summed E-state index contributed by atoms with van der Waals surface area (Å²) in [6.45, 7) is -0.210. The van der Waals surface area contributed by atoms with E-state index in [1.54, 1.807) is 12.1 Å². The Morgan fingerprint density at radius 2 is 1.77 bits per heavy atom. The Morgan fingerprint density at radius 3 is 2.46 bits per heavy atom. The van der Waals surface area contributed by atoms with Crippen LogP contribution in [0.3, 0.4) is 0 Å². The number of ether oxygens (including phenoxy) is 2. The number of amides is 1. The third-order valence-corrected chi connectivity index (χ3v) is 5.16. The van der Waals surface area contributed by atoms with Crippen molar-refractivity contribution in [2.24, 2.45) is 0 Å². The summed E-state index contributed by atoms with van der Waals surface area (Å²) in [7, 11) is -1.08. The molecule has 0 bridgehead atoms. The second-order valence-corrected chi connectivity index (χ2v) is 7.38. The molecular formula is C17H19ClN2O5S. The number of carbonyl (C=O) groups excluding carboxylic acids is 1. The normalized spacial score (nSPS) is 11.0. The monoisotopic (exact) mass is 398 g/mol. The summed E-state index contributed by atoms with van der Waals surface area (Å²) < 4.78 is 37.2. The molecule has 0 aliphatic rings. The van der Waals surface area contributed by atoms with Gasteiger partial charge in [-0.25, -0.2) is 13.1 Å². The zero-order chi connectivity index (χ0) is 19.2. The van der Waals surface area contributed by atoms with E-state index in [9.17, 15) is 13.2 Å². The number of halogens is 1. The van der Waals surface area contributed by atoms with E-state index in [2.05, 4.69) is 10.0 Å². The minimum atomic E-state index is -3.96. The minimum absolute atomic E-state index is 0.134. The van der Waals surface area contributed by atoms with Crippen LogP contribution in [0, 0.1) is 0 Å². The van der Waals surface area contributed by atoms with Crippen molar-refractivity contribution in [3.63, 3.8) is 0 Å². The van der Waals surface area contributed by atoms with Crippen molar-refractivity contribution in [2.45, 2.75) is 11.4 Å². The lowest BCUT2D eigenvalue weighted by Gasteiger charge is -2.12. The van der Waals surface area contributed by atoms with Crippen molar-refractivity contribution in [2.75, 3.05) is 20.8 Å². The fourth-order valence-corrected chi connectivity index (χ4v) is 3.62. The van der Waals surface area contributed by atoms with Gasteiger partial charge >= 0.3 is 0 Å². The van der Waals surface area contributed by atoms with Gasteiger partial charge in [-0.15, -0.1) is 0 Å². The number of hydrogen-bond acceptors (Lipinski definition) is 5. The van der Waals surface area contributed by atoms with Gasteiger partial charge in [0.25, 0.3) is 0 Å². The molecule has 2 rings (SSSR count). The molecule has 0 unspecified atom stereocenters. The first-order valence-corrected chi connectivity index (χ1v) is 9.45. The predicted molar refractivity (Wildman–Crippen MR) is 98.0 cm³/mol. The fraction of sp³-hybridized carbons (Fsp3) is 0.235. The fourth-order valence-electron chi connectivity index (χ4n) is 2.20. The first-order valence-electron chi connectivity index (χ1n) is 7.59. The zero-order valence-corrected chi connectivity index (χ0v) is 15.9. The molecule has 0 atom stereocenters. The maximum absolute atomic E-state index is 12.4. The highest BCUT2D eigenvalue weighted by Gasteiger charge is 2.21. The Hall–Kier alpha value is -2.29. The Balaban J connectivity index is 1.99. The number of methoxy groups -OCH3 is 2. The molecule has 26 heavy (non-hydrogen) atoms. The van der Waals surface area contributed by atoms with E-state index in [0.29, 0.717) is 5.75 Å². The van der Waals surface area contributed by atoms with Crippen LogP contribution >= 0.6 is 11.6 Å². The third-order valence-electron chi connectivity index (χ3n) is 3.51. The molecule has 0 heterocycles. The van der Waals surface area contributed by atoms with Gasteiger partial charge in [-0.3, -0.25) is 4.79 Å². The average Bonchev–Trinajstić information content (AvgIpc) is 2.65. The lowest BCUT2D eigenvalue weighted by atomic mass is 10.2. The largest absolute Gasteiger partial charge is 0.496 e. The summed E-state index contributed by atoms with van der Waals surface area (Å²) >= 11 is 5.85. The Bertz CT molecular complexity index is 886. The molecule has 140 valence electrons. The molecule has 0 aromatic heterocycles. The van der Waals surface area contributed by atoms with Crippen LogP contribution in [-0.2, 0) is 21.4 Å². The van der Waals surface area contributed by atoms with Gasteiger partial charge in [0.15, 0.2) is 0 Å². The number of nitrogens with one attached hydrogen (secondary N) is 2. The van der Waals surface area contributed by atoms with Crippen molar-refractivity contribution in [1.82, 2.24) is 10.0 Å². The van der Waals surface area contributed by atoms with Gasteiger partial charge in [-0.2, -0.15) is 0 Å². The molecule has 0 saturated carbocycles. The van der Waals surface area contributed by atoms with Crippen molar-refractivity contribution in [3.8, 4) is 11.5 Å². The number of carbonyl (C=O) groups is 1. The SMILES string of the molecule is COc1ccccc1CNC(=O)CNS(=O)(=O)c1cc(Cl)ccc1OC. The summed E-state index contributed by atoms with van der Waals surface area (Å²) in [6, 6.07) is 11.4. The Morgan fingerprint density at radius 1 is 1.08 bits per heavy atom. The van der Waals surface area contributed by atoms with Crippen LogP contribution in [-0.4, -0.2) is 35.1 Å². The summed E-state index contributed by atoms with van der Waals surface area (Å²) in [6.07, 6.45) is 0. The number of sulfonamides is 1. The van der Waals surface area contributed by atoms with Crippen molar-refractivity contribution >= 4 is 27.5 Å². The van der Waals surface area contributed by atoms with Gasteiger partial charge in [0, 0.05) is 17.1 Å². The molecule has 0 fully saturated rings. The maximum Gasteiger partial charge on any atom is 0.244 e. The molecule has 2 N–H and O–H groups in total. The summed E-state index contributed by atoms with van der Waals surface area (Å²) in [5.41, 5.74) is 0.780. The van der Waals surface area contributed by atoms with E-state index >= 15 is 0 Å². The molecule has 7 nitrogen and oxygen atoms in total. The van der Waals surface area contributed by atoms with Crippen LogP contribution in [0.5, 0.6) is 11.5 Å². The van der Waals surface area contributed by atoms with Gasteiger partial charge in [-0.05, 0) is 24.3 Å². The molecule has 0 radical (unpaired) electrons. The van der Waals surface area contributed by atoms with E-state index in [1.807, 2.05) is 12.1 Å². The van der Waals surface area contributed by atoms with Crippen LogP contribution < -0.4 is 19.5 Å². The van der Waals surface area contributed by atoms with E-state index in [0.717, 1.165) is 5.56 Å². The highest BCUT2D eigenvalue weighted by atomic mass is 35.5. The van der Waals surface area contributed by atoms with Crippen LogP contribution in [0.1, 0.15) is 5.56 Å². The van der Waals surface area contributed by atoms with Crippen LogP contribution in [0.4, 0.5) is 0 Å². The maximum atomic E-state index is 12.4. The zero-order valence-electron chi connectivity index (χ0n) is 14.3.